The highest BCUT2D eigenvalue weighted by atomic mass is 32.1. The molecule has 0 aliphatic carbocycles. The molecule has 14 heavy (non-hydrogen) atoms. The van der Waals surface area contributed by atoms with Crippen molar-refractivity contribution in [3.8, 4) is 0 Å². The van der Waals surface area contributed by atoms with Crippen LogP contribution in [0.15, 0.2) is 17.5 Å². The Labute approximate surface area is 85.1 Å². The first-order valence-corrected chi connectivity index (χ1v) is 4.90. The summed E-state index contributed by atoms with van der Waals surface area (Å²) in [5, 5.41) is 10.4. The van der Waals surface area contributed by atoms with Crippen molar-refractivity contribution < 1.29 is 19.4 Å². The lowest BCUT2D eigenvalue weighted by Crippen LogP contribution is -2.11. The zero-order chi connectivity index (χ0) is 10.6. The molecule has 0 spiro atoms. The van der Waals surface area contributed by atoms with Crippen LogP contribution in [0.5, 0.6) is 0 Å². The van der Waals surface area contributed by atoms with Crippen LogP contribution in [0.2, 0.25) is 0 Å². The molecule has 0 aromatic carbocycles. The van der Waals surface area contributed by atoms with E-state index in [1.54, 1.807) is 12.1 Å². The molecule has 0 fully saturated rings. The lowest BCUT2D eigenvalue weighted by atomic mass is 10.2. The van der Waals surface area contributed by atoms with Crippen molar-refractivity contribution in [3.63, 3.8) is 0 Å². The second-order valence-corrected chi connectivity index (χ2v) is 3.69. The van der Waals surface area contributed by atoms with E-state index in [1.807, 2.05) is 5.38 Å². The van der Waals surface area contributed by atoms with Gasteiger partial charge in [0.25, 0.3) is 0 Å². The van der Waals surface area contributed by atoms with E-state index in [0.717, 1.165) is 4.88 Å². The summed E-state index contributed by atoms with van der Waals surface area (Å²) < 4.78 is 4.90. The molecule has 0 bridgehead atoms. The maximum atomic E-state index is 10.7. The Balaban J connectivity index is 2.71. The molecule has 0 radical (unpaired) electrons. The molecule has 1 unspecified atom stereocenters. The van der Waals surface area contributed by atoms with Crippen molar-refractivity contribution in [2.24, 2.45) is 0 Å². The number of esters is 1. The Morgan fingerprint density at radius 1 is 1.64 bits per heavy atom. The average Bonchev–Trinajstić information content (AvgIpc) is 2.52. The molecule has 0 saturated heterocycles. The second-order valence-electron chi connectivity index (χ2n) is 2.71. The predicted octanol–water partition coefficient (Wildman–Crippen LogP) is 1.83. The van der Waals surface area contributed by atoms with Gasteiger partial charge in [0.05, 0.1) is 6.42 Å². The standard InChI is InChI=1S/C9H10O4S/c1-6(10)13-7(5-9(11)12)8-3-2-4-14-8/h2-4,7H,5H2,1H3,(H,11,12). The number of hydrogen-bond donors (Lipinski definition) is 1. The maximum Gasteiger partial charge on any atom is 0.307 e. The molecule has 0 aliphatic rings. The van der Waals surface area contributed by atoms with E-state index >= 15 is 0 Å². The number of hydrogen-bond acceptors (Lipinski definition) is 4. The molecule has 4 nitrogen and oxygen atoms in total. The quantitative estimate of drug-likeness (QED) is 0.776. The number of carbonyl (C=O) groups excluding carboxylic acids is 1. The van der Waals surface area contributed by atoms with Crippen LogP contribution >= 0.6 is 11.3 Å². The molecule has 0 amide bonds. The van der Waals surface area contributed by atoms with Crippen LogP contribution in [0.4, 0.5) is 0 Å². The molecule has 5 heteroatoms. The van der Waals surface area contributed by atoms with Crippen molar-refractivity contribution in [1.82, 2.24) is 0 Å². The van der Waals surface area contributed by atoms with Crippen molar-refractivity contribution >= 4 is 23.3 Å². The van der Waals surface area contributed by atoms with Gasteiger partial charge in [-0.3, -0.25) is 9.59 Å². The first kappa shape index (κ1) is 10.7. The van der Waals surface area contributed by atoms with Crippen LogP contribution in [0.1, 0.15) is 24.3 Å². The second kappa shape index (κ2) is 4.76. The first-order valence-electron chi connectivity index (χ1n) is 4.02. The average molecular weight is 214 g/mol. The summed E-state index contributed by atoms with van der Waals surface area (Å²) in [7, 11) is 0. The minimum absolute atomic E-state index is 0.194. The summed E-state index contributed by atoms with van der Waals surface area (Å²) in [4.78, 5) is 22.0. The van der Waals surface area contributed by atoms with Gasteiger partial charge in [-0.05, 0) is 11.4 Å². The van der Waals surface area contributed by atoms with Crippen LogP contribution in [0, 0.1) is 0 Å². The van der Waals surface area contributed by atoms with Gasteiger partial charge in [0.15, 0.2) is 0 Å². The monoisotopic (exact) mass is 214 g/mol. The first-order chi connectivity index (χ1) is 6.59. The van der Waals surface area contributed by atoms with E-state index < -0.39 is 18.0 Å². The molecule has 1 aromatic rings. The molecular formula is C9H10O4S. The maximum absolute atomic E-state index is 10.7. The SMILES string of the molecule is CC(=O)OC(CC(=O)O)c1cccs1. The number of carbonyl (C=O) groups is 2. The van der Waals surface area contributed by atoms with E-state index in [-0.39, 0.29) is 6.42 Å². The van der Waals surface area contributed by atoms with E-state index in [2.05, 4.69) is 0 Å². The fourth-order valence-corrected chi connectivity index (χ4v) is 1.79. The fraction of sp³-hybridized carbons (Fsp3) is 0.333. The highest BCUT2D eigenvalue weighted by Gasteiger charge is 2.19. The zero-order valence-corrected chi connectivity index (χ0v) is 8.41. The van der Waals surface area contributed by atoms with Crippen molar-refractivity contribution in [1.29, 1.82) is 0 Å². The minimum Gasteiger partial charge on any atom is -0.481 e. The molecule has 1 heterocycles. The van der Waals surface area contributed by atoms with Crippen LogP contribution in [-0.4, -0.2) is 17.0 Å². The lowest BCUT2D eigenvalue weighted by Gasteiger charge is -2.12. The summed E-state index contributed by atoms with van der Waals surface area (Å²) in [6, 6.07) is 3.54. The number of ether oxygens (including phenoxy) is 1. The van der Waals surface area contributed by atoms with Gasteiger partial charge in [0, 0.05) is 11.8 Å². The van der Waals surface area contributed by atoms with Gasteiger partial charge in [0.1, 0.15) is 6.10 Å². The summed E-state index contributed by atoms with van der Waals surface area (Å²) >= 11 is 1.37. The Bertz CT molecular complexity index is 302. The molecule has 76 valence electrons. The number of carboxylic acid groups (broad SMARTS) is 1. The molecule has 0 saturated carbocycles. The van der Waals surface area contributed by atoms with Crippen molar-refractivity contribution in [2.75, 3.05) is 0 Å². The van der Waals surface area contributed by atoms with E-state index in [9.17, 15) is 9.59 Å². The number of rotatable bonds is 4. The largest absolute Gasteiger partial charge is 0.481 e. The van der Waals surface area contributed by atoms with E-state index in [0.29, 0.717) is 0 Å². The van der Waals surface area contributed by atoms with Gasteiger partial charge in [-0.25, -0.2) is 0 Å². The number of aliphatic carboxylic acids is 1. The number of carboxylic acids is 1. The number of thiophene rings is 1. The van der Waals surface area contributed by atoms with Gasteiger partial charge in [-0.1, -0.05) is 6.07 Å². The van der Waals surface area contributed by atoms with E-state index in [1.165, 1.54) is 18.3 Å². The van der Waals surface area contributed by atoms with Gasteiger partial charge in [-0.15, -0.1) is 11.3 Å². The smallest absolute Gasteiger partial charge is 0.307 e. The fourth-order valence-electron chi connectivity index (χ4n) is 1.03. The Hall–Kier alpha value is -1.36. The molecule has 1 aromatic heterocycles. The van der Waals surface area contributed by atoms with Crippen molar-refractivity contribution in [3.05, 3.63) is 22.4 Å². The highest BCUT2D eigenvalue weighted by molar-refractivity contribution is 7.10. The lowest BCUT2D eigenvalue weighted by molar-refractivity contribution is -0.151. The Morgan fingerprint density at radius 3 is 2.79 bits per heavy atom. The normalized spacial score (nSPS) is 12.1. The Morgan fingerprint density at radius 2 is 2.36 bits per heavy atom. The van der Waals surface area contributed by atoms with Gasteiger partial charge in [0.2, 0.25) is 0 Å². The van der Waals surface area contributed by atoms with E-state index in [4.69, 9.17) is 9.84 Å². The predicted molar refractivity (Wildman–Crippen MR) is 51.1 cm³/mol. The van der Waals surface area contributed by atoms with Crippen LogP contribution < -0.4 is 0 Å². The topological polar surface area (TPSA) is 63.6 Å². The minimum atomic E-state index is -0.982. The third-order valence-electron chi connectivity index (χ3n) is 1.53. The third-order valence-corrected chi connectivity index (χ3v) is 2.49. The molecule has 1 rings (SSSR count). The van der Waals surface area contributed by atoms with Gasteiger partial charge in [-0.2, -0.15) is 0 Å². The summed E-state index contributed by atoms with van der Waals surface area (Å²) in [5.74, 6) is -1.45. The third kappa shape index (κ3) is 3.18. The molecular weight excluding hydrogens is 204 g/mol. The summed E-state index contributed by atoms with van der Waals surface area (Å²) in [6.45, 7) is 1.27. The van der Waals surface area contributed by atoms with Gasteiger partial charge >= 0.3 is 11.9 Å². The van der Waals surface area contributed by atoms with Crippen LogP contribution in [0.25, 0.3) is 0 Å². The zero-order valence-electron chi connectivity index (χ0n) is 7.60. The van der Waals surface area contributed by atoms with Crippen LogP contribution in [0.3, 0.4) is 0 Å². The highest BCUT2D eigenvalue weighted by Crippen LogP contribution is 2.25. The molecule has 1 N–H and O–H groups in total. The molecule has 0 aliphatic heterocycles. The molecule has 1 atom stereocenters. The van der Waals surface area contributed by atoms with Crippen LogP contribution in [-0.2, 0) is 14.3 Å². The van der Waals surface area contributed by atoms with Gasteiger partial charge < -0.3 is 9.84 Å². The summed E-state index contributed by atoms with van der Waals surface area (Å²) in [5.41, 5.74) is 0. The Kier molecular flexibility index (Phi) is 3.64. The van der Waals surface area contributed by atoms with Crippen molar-refractivity contribution in [2.45, 2.75) is 19.4 Å². The summed E-state index contributed by atoms with van der Waals surface area (Å²) in [6.07, 6.45) is -0.856.